The van der Waals surface area contributed by atoms with E-state index in [1.165, 1.54) is 31.4 Å². The standard InChI is InChI=1S/C28H23F3N2O8S/c1-3-39-24-14-17(8-10-23(24)41-20-11-9-18(28(29,30)31)16-19(20)33(36)37)15-25-26(34)32(27(35)42-25)12-13-40-22-7-5-4-6-21(22)38-2/h4-11,14-16H,3,12-13H2,1-2H3/b25-15-. The summed E-state index contributed by atoms with van der Waals surface area (Å²) in [6.07, 6.45) is -3.30. The Hall–Kier alpha value is -4.72. The molecule has 0 bridgehead atoms. The van der Waals surface area contributed by atoms with Crippen molar-refractivity contribution in [3.63, 3.8) is 0 Å². The van der Waals surface area contributed by atoms with Crippen molar-refractivity contribution in [3.8, 4) is 28.7 Å². The van der Waals surface area contributed by atoms with Gasteiger partial charge in [-0.2, -0.15) is 13.2 Å². The van der Waals surface area contributed by atoms with Gasteiger partial charge in [0.1, 0.15) is 6.61 Å². The number of rotatable bonds is 11. The quantitative estimate of drug-likeness (QED) is 0.130. The lowest BCUT2D eigenvalue weighted by Gasteiger charge is -2.14. The number of nitro groups is 1. The summed E-state index contributed by atoms with van der Waals surface area (Å²) >= 11 is 0.744. The summed E-state index contributed by atoms with van der Waals surface area (Å²) in [7, 11) is 1.50. The number of para-hydroxylation sites is 2. The molecule has 0 atom stereocenters. The van der Waals surface area contributed by atoms with Gasteiger partial charge in [-0.25, -0.2) is 0 Å². The van der Waals surface area contributed by atoms with Gasteiger partial charge in [-0.1, -0.05) is 18.2 Å². The van der Waals surface area contributed by atoms with Crippen LogP contribution in [0.2, 0.25) is 0 Å². The van der Waals surface area contributed by atoms with Crippen molar-refractivity contribution in [2.75, 3.05) is 26.9 Å². The van der Waals surface area contributed by atoms with Crippen LogP contribution < -0.4 is 18.9 Å². The molecule has 0 aromatic heterocycles. The van der Waals surface area contributed by atoms with Crippen LogP contribution in [0, 0.1) is 10.1 Å². The Morgan fingerprint density at radius 2 is 1.67 bits per heavy atom. The van der Waals surface area contributed by atoms with Crippen molar-refractivity contribution in [1.82, 2.24) is 4.90 Å². The molecule has 10 nitrogen and oxygen atoms in total. The van der Waals surface area contributed by atoms with Crippen LogP contribution >= 0.6 is 11.8 Å². The first-order valence-corrected chi connectivity index (χ1v) is 13.1. The first kappa shape index (κ1) is 30.2. The first-order valence-electron chi connectivity index (χ1n) is 12.3. The normalized spacial score (nSPS) is 14.3. The third kappa shape index (κ3) is 6.94. The zero-order valence-electron chi connectivity index (χ0n) is 22.2. The van der Waals surface area contributed by atoms with Crippen molar-refractivity contribution in [3.05, 3.63) is 86.8 Å². The fourth-order valence-electron chi connectivity index (χ4n) is 3.84. The molecule has 1 fully saturated rings. The Kier molecular flexibility index (Phi) is 9.25. The van der Waals surface area contributed by atoms with Gasteiger partial charge in [0.25, 0.3) is 11.1 Å². The van der Waals surface area contributed by atoms with Crippen LogP contribution in [0.1, 0.15) is 18.1 Å². The van der Waals surface area contributed by atoms with E-state index in [0.29, 0.717) is 29.2 Å². The zero-order chi connectivity index (χ0) is 30.4. The molecule has 3 aromatic rings. The van der Waals surface area contributed by atoms with Gasteiger partial charge in [-0.3, -0.25) is 24.6 Å². The number of nitrogens with zero attached hydrogens (tertiary/aromatic N) is 2. The molecule has 3 aromatic carbocycles. The summed E-state index contributed by atoms with van der Waals surface area (Å²) in [5, 5.41) is 11.0. The van der Waals surface area contributed by atoms with Crippen LogP contribution in [0.15, 0.2) is 65.6 Å². The smallest absolute Gasteiger partial charge is 0.416 e. The van der Waals surface area contributed by atoms with Gasteiger partial charge in [0.2, 0.25) is 5.75 Å². The predicted octanol–water partition coefficient (Wildman–Crippen LogP) is 6.93. The van der Waals surface area contributed by atoms with Gasteiger partial charge in [0.05, 0.1) is 35.7 Å². The molecule has 0 radical (unpaired) electrons. The summed E-state index contributed by atoms with van der Waals surface area (Å²) in [6.45, 7) is 1.89. The third-order valence-corrected chi connectivity index (χ3v) is 6.69. The fraction of sp³-hybridized carbons (Fsp3) is 0.214. The van der Waals surface area contributed by atoms with E-state index in [1.807, 2.05) is 0 Å². The second-order valence-corrected chi connectivity index (χ2v) is 9.50. The van der Waals surface area contributed by atoms with Crippen LogP contribution in [0.5, 0.6) is 28.7 Å². The van der Waals surface area contributed by atoms with Crippen LogP contribution in [0.25, 0.3) is 6.08 Å². The van der Waals surface area contributed by atoms with Crippen molar-refractivity contribution in [2.24, 2.45) is 0 Å². The molecular weight excluding hydrogens is 581 g/mol. The largest absolute Gasteiger partial charge is 0.493 e. The molecule has 0 aliphatic carbocycles. The minimum Gasteiger partial charge on any atom is -0.493 e. The highest BCUT2D eigenvalue weighted by molar-refractivity contribution is 8.18. The van der Waals surface area contributed by atoms with Gasteiger partial charge < -0.3 is 18.9 Å². The Morgan fingerprint density at radius 1 is 0.952 bits per heavy atom. The minimum atomic E-state index is -4.77. The molecule has 1 heterocycles. The van der Waals surface area contributed by atoms with Crippen molar-refractivity contribution >= 4 is 34.7 Å². The van der Waals surface area contributed by atoms with E-state index in [-0.39, 0.29) is 36.2 Å². The molecule has 1 aliphatic rings. The summed E-state index contributed by atoms with van der Waals surface area (Å²) in [5.74, 6) is 0.153. The van der Waals surface area contributed by atoms with Gasteiger partial charge in [-0.15, -0.1) is 0 Å². The van der Waals surface area contributed by atoms with E-state index < -0.39 is 39.2 Å². The highest BCUT2D eigenvalue weighted by atomic mass is 32.2. The molecule has 0 saturated carbocycles. The maximum absolute atomic E-state index is 13.1. The van der Waals surface area contributed by atoms with Gasteiger partial charge in [0, 0.05) is 6.07 Å². The molecule has 2 amide bonds. The second kappa shape index (κ2) is 12.9. The number of carbonyl (C=O) groups is 2. The first-order chi connectivity index (χ1) is 20.0. The number of benzene rings is 3. The molecule has 0 unspecified atom stereocenters. The van der Waals surface area contributed by atoms with Crippen LogP contribution in [-0.2, 0) is 11.0 Å². The van der Waals surface area contributed by atoms with E-state index in [9.17, 15) is 32.9 Å². The molecule has 220 valence electrons. The maximum Gasteiger partial charge on any atom is 0.416 e. The molecular formula is C28H23F3N2O8S. The van der Waals surface area contributed by atoms with E-state index in [2.05, 4.69) is 0 Å². The van der Waals surface area contributed by atoms with Crippen molar-refractivity contribution < 1.29 is 46.6 Å². The SMILES string of the molecule is CCOc1cc(/C=C2\SC(=O)N(CCOc3ccccc3OC)C2=O)ccc1Oc1ccc(C(F)(F)F)cc1[N+](=O)[O-]. The van der Waals surface area contributed by atoms with E-state index in [4.69, 9.17) is 18.9 Å². The molecule has 1 aliphatic heterocycles. The summed E-state index contributed by atoms with van der Waals surface area (Å²) < 4.78 is 61.2. The number of thioether (sulfide) groups is 1. The van der Waals surface area contributed by atoms with E-state index in [1.54, 1.807) is 31.2 Å². The Bertz CT molecular complexity index is 1540. The number of methoxy groups -OCH3 is 1. The monoisotopic (exact) mass is 604 g/mol. The second-order valence-electron chi connectivity index (χ2n) is 8.51. The van der Waals surface area contributed by atoms with Crippen LogP contribution in [0.3, 0.4) is 0 Å². The van der Waals surface area contributed by atoms with Crippen LogP contribution in [-0.4, -0.2) is 47.8 Å². The van der Waals surface area contributed by atoms with Crippen molar-refractivity contribution in [1.29, 1.82) is 0 Å². The van der Waals surface area contributed by atoms with Gasteiger partial charge >= 0.3 is 11.9 Å². The predicted molar refractivity (Wildman–Crippen MR) is 147 cm³/mol. The van der Waals surface area contributed by atoms with E-state index in [0.717, 1.165) is 22.7 Å². The number of alkyl halides is 3. The lowest BCUT2D eigenvalue weighted by Crippen LogP contribution is -2.32. The average molecular weight is 605 g/mol. The molecule has 4 rings (SSSR count). The molecule has 1 saturated heterocycles. The van der Waals surface area contributed by atoms with Crippen LogP contribution in [0.4, 0.5) is 23.7 Å². The summed E-state index contributed by atoms with van der Waals surface area (Å²) in [5.41, 5.74) is -1.62. The number of imide groups is 1. The number of nitro benzene ring substituents is 1. The number of hydrogen-bond acceptors (Lipinski definition) is 9. The summed E-state index contributed by atoms with van der Waals surface area (Å²) in [4.78, 5) is 37.1. The molecule has 14 heteroatoms. The number of halogens is 3. The van der Waals surface area contributed by atoms with Gasteiger partial charge in [0.15, 0.2) is 23.0 Å². The van der Waals surface area contributed by atoms with Gasteiger partial charge in [-0.05, 0) is 66.7 Å². The Labute approximate surface area is 241 Å². The molecule has 42 heavy (non-hydrogen) atoms. The average Bonchev–Trinajstić information content (AvgIpc) is 3.21. The zero-order valence-corrected chi connectivity index (χ0v) is 23.0. The summed E-state index contributed by atoms with van der Waals surface area (Å²) in [6, 6.07) is 13.3. The molecule has 0 spiro atoms. The minimum absolute atomic E-state index is 0.00143. The lowest BCUT2D eigenvalue weighted by molar-refractivity contribution is -0.385. The highest BCUT2D eigenvalue weighted by Crippen LogP contribution is 2.41. The topological polar surface area (TPSA) is 117 Å². The lowest BCUT2D eigenvalue weighted by atomic mass is 10.1. The number of hydrogen-bond donors (Lipinski definition) is 0. The Morgan fingerprint density at radius 3 is 2.33 bits per heavy atom. The maximum atomic E-state index is 13.1. The van der Waals surface area contributed by atoms with E-state index >= 15 is 0 Å². The highest BCUT2D eigenvalue weighted by Gasteiger charge is 2.35. The number of ether oxygens (including phenoxy) is 4. The fourth-order valence-corrected chi connectivity index (χ4v) is 4.70. The number of amides is 2. The third-order valence-electron chi connectivity index (χ3n) is 5.78. The Balaban J connectivity index is 1.51. The molecule has 0 N–H and O–H groups in total. The van der Waals surface area contributed by atoms with Crippen molar-refractivity contribution in [2.45, 2.75) is 13.1 Å². The number of carbonyl (C=O) groups excluding carboxylic acids is 2.